The molecule has 13 heavy (non-hydrogen) atoms. The van der Waals surface area contributed by atoms with Crippen LogP contribution in [0.1, 0.15) is 25.0 Å². The standard InChI is InChI=1S/C11H14O2/c1-3-9-5-6-11(13-8-12)7-10(9)4-2/h5-8H,3-4H2,1-2H3. The van der Waals surface area contributed by atoms with Crippen molar-refractivity contribution >= 4 is 6.47 Å². The van der Waals surface area contributed by atoms with Gasteiger partial charge < -0.3 is 4.74 Å². The molecule has 0 aliphatic rings. The second-order valence-corrected chi connectivity index (χ2v) is 2.85. The monoisotopic (exact) mass is 178 g/mol. The second kappa shape index (κ2) is 4.65. The Morgan fingerprint density at radius 1 is 1.23 bits per heavy atom. The molecule has 0 saturated carbocycles. The highest BCUT2D eigenvalue weighted by Crippen LogP contribution is 2.18. The maximum Gasteiger partial charge on any atom is 0.298 e. The molecule has 0 aliphatic heterocycles. The molecular formula is C11H14O2. The molecule has 70 valence electrons. The smallest absolute Gasteiger partial charge is 0.298 e. The molecule has 0 N–H and O–H groups in total. The van der Waals surface area contributed by atoms with Gasteiger partial charge in [-0.15, -0.1) is 0 Å². The van der Waals surface area contributed by atoms with Crippen LogP contribution in [0.3, 0.4) is 0 Å². The third-order valence-electron chi connectivity index (χ3n) is 2.12. The predicted molar refractivity (Wildman–Crippen MR) is 51.9 cm³/mol. The fraction of sp³-hybridized carbons (Fsp3) is 0.364. The second-order valence-electron chi connectivity index (χ2n) is 2.85. The van der Waals surface area contributed by atoms with E-state index >= 15 is 0 Å². The van der Waals surface area contributed by atoms with E-state index in [0.29, 0.717) is 12.2 Å². The number of rotatable bonds is 4. The Balaban J connectivity index is 2.98. The van der Waals surface area contributed by atoms with Crippen molar-refractivity contribution in [1.29, 1.82) is 0 Å². The highest BCUT2D eigenvalue weighted by molar-refractivity contribution is 5.47. The molecule has 0 aromatic heterocycles. The summed E-state index contributed by atoms with van der Waals surface area (Å²) in [6.07, 6.45) is 1.99. The van der Waals surface area contributed by atoms with E-state index in [-0.39, 0.29) is 0 Å². The molecule has 0 radical (unpaired) electrons. The van der Waals surface area contributed by atoms with Crippen LogP contribution in [0.5, 0.6) is 5.75 Å². The van der Waals surface area contributed by atoms with Crippen LogP contribution in [-0.2, 0) is 17.6 Å². The number of benzene rings is 1. The lowest BCUT2D eigenvalue weighted by molar-refractivity contribution is -0.120. The van der Waals surface area contributed by atoms with Crippen LogP contribution < -0.4 is 4.74 Å². The van der Waals surface area contributed by atoms with Crippen LogP contribution in [0, 0.1) is 0 Å². The Bertz CT molecular complexity index is 292. The minimum atomic E-state index is 0.459. The average Bonchev–Trinajstić information content (AvgIpc) is 2.18. The molecule has 0 spiro atoms. The molecule has 0 fully saturated rings. The van der Waals surface area contributed by atoms with Crippen LogP contribution in [0.4, 0.5) is 0 Å². The van der Waals surface area contributed by atoms with Gasteiger partial charge in [0.2, 0.25) is 0 Å². The van der Waals surface area contributed by atoms with E-state index in [1.807, 2.05) is 18.2 Å². The highest BCUT2D eigenvalue weighted by atomic mass is 16.5. The Morgan fingerprint density at radius 2 is 1.92 bits per heavy atom. The van der Waals surface area contributed by atoms with Gasteiger partial charge >= 0.3 is 0 Å². The van der Waals surface area contributed by atoms with Gasteiger partial charge in [-0.1, -0.05) is 19.9 Å². The summed E-state index contributed by atoms with van der Waals surface area (Å²) in [6.45, 7) is 4.67. The summed E-state index contributed by atoms with van der Waals surface area (Å²) >= 11 is 0. The van der Waals surface area contributed by atoms with Crippen molar-refractivity contribution in [2.75, 3.05) is 0 Å². The summed E-state index contributed by atoms with van der Waals surface area (Å²) in [5.41, 5.74) is 2.57. The predicted octanol–water partition coefficient (Wildman–Crippen LogP) is 2.35. The molecule has 2 nitrogen and oxygen atoms in total. The number of hydrogen-bond donors (Lipinski definition) is 0. The van der Waals surface area contributed by atoms with Gasteiger partial charge in [0.05, 0.1) is 0 Å². The molecule has 0 amide bonds. The van der Waals surface area contributed by atoms with E-state index in [9.17, 15) is 4.79 Å². The van der Waals surface area contributed by atoms with Gasteiger partial charge in [0, 0.05) is 0 Å². The summed E-state index contributed by atoms with van der Waals surface area (Å²) < 4.78 is 4.77. The number of hydrogen-bond acceptors (Lipinski definition) is 2. The lowest BCUT2D eigenvalue weighted by Gasteiger charge is -2.06. The minimum absolute atomic E-state index is 0.459. The topological polar surface area (TPSA) is 26.3 Å². The van der Waals surface area contributed by atoms with Gasteiger partial charge in [-0.2, -0.15) is 0 Å². The van der Waals surface area contributed by atoms with Gasteiger partial charge in [-0.3, -0.25) is 4.79 Å². The van der Waals surface area contributed by atoms with E-state index in [0.717, 1.165) is 12.8 Å². The van der Waals surface area contributed by atoms with Gasteiger partial charge in [-0.25, -0.2) is 0 Å². The molecular weight excluding hydrogens is 164 g/mol. The minimum Gasteiger partial charge on any atom is -0.429 e. The van der Waals surface area contributed by atoms with Crippen molar-refractivity contribution < 1.29 is 9.53 Å². The maximum atomic E-state index is 10.1. The molecule has 1 aromatic rings. The lowest BCUT2D eigenvalue weighted by atomic mass is 10.0. The van der Waals surface area contributed by atoms with Crippen LogP contribution in [0.15, 0.2) is 18.2 Å². The van der Waals surface area contributed by atoms with E-state index < -0.39 is 0 Å². The van der Waals surface area contributed by atoms with Crippen molar-refractivity contribution in [2.24, 2.45) is 0 Å². The van der Waals surface area contributed by atoms with Crippen LogP contribution in [0.2, 0.25) is 0 Å². The van der Waals surface area contributed by atoms with Crippen LogP contribution in [0.25, 0.3) is 0 Å². The van der Waals surface area contributed by atoms with E-state index in [1.165, 1.54) is 11.1 Å². The molecule has 0 bridgehead atoms. The Morgan fingerprint density at radius 3 is 2.46 bits per heavy atom. The van der Waals surface area contributed by atoms with Crippen molar-refractivity contribution in [3.8, 4) is 5.75 Å². The van der Waals surface area contributed by atoms with Crippen molar-refractivity contribution in [3.05, 3.63) is 29.3 Å². The fourth-order valence-electron chi connectivity index (χ4n) is 1.41. The van der Waals surface area contributed by atoms with Gasteiger partial charge in [-0.05, 0) is 36.1 Å². The molecule has 0 aliphatic carbocycles. The molecule has 0 unspecified atom stereocenters. The SMILES string of the molecule is CCc1ccc(OC=O)cc1CC. The van der Waals surface area contributed by atoms with Gasteiger partial charge in [0.25, 0.3) is 6.47 Å². The first kappa shape index (κ1) is 9.78. The lowest BCUT2D eigenvalue weighted by Crippen LogP contribution is -1.94. The van der Waals surface area contributed by atoms with E-state index in [4.69, 9.17) is 4.74 Å². The summed E-state index contributed by atoms with van der Waals surface area (Å²) in [5, 5.41) is 0. The average molecular weight is 178 g/mol. The number of aryl methyl sites for hydroxylation is 2. The third kappa shape index (κ3) is 2.31. The zero-order valence-corrected chi connectivity index (χ0v) is 8.04. The Hall–Kier alpha value is -1.31. The molecule has 1 rings (SSSR count). The quantitative estimate of drug-likeness (QED) is 0.661. The summed E-state index contributed by atoms with van der Waals surface area (Å²) in [7, 11) is 0. The largest absolute Gasteiger partial charge is 0.429 e. The van der Waals surface area contributed by atoms with Crippen molar-refractivity contribution in [2.45, 2.75) is 26.7 Å². The first-order valence-corrected chi connectivity index (χ1v) is 4.53. The molecule has 1 aromatic carbocycles. The molecule has 0 saturated heterocycles. The normalized spacial score (nSPS) is 9.69. The number of carbonyl (C=O) groups excluding carboxylic acids is 1. The maximum absolute atomic E-state index is 10.1. The zero-order chi connectivity index (χ0) is 9.68. The Labute approximate surface area is 78.5 Å². The van der Waals surface area contributed by atoms with E-state index in [2.05, 4.69) is 13.8 Å². The first-order chi connectivity index (χ1) is 6.31. The van der Waals surface area contributed by atoms with Crippen molar-refractivity contribution in [1.82, 2.24) is 0 Å². The first-order valence-electron chi connectivity index (χ1n) is 4.53. The fourth-order valence-corrected chi connectivity index (χ4v) is 1.41. The summed E-state index contributed by atoms with van der Waals surface area (Å²) in [6, 6.07) is 5.76. The number of ether oxygens (including phenoxy) is 1. The molecule has 0 heterocycles. The summed E-state index contributed by atoms with van der Waals surface area (Å²) in [5.74, 6) is 0.629. The Kier molecular flexibility index (Phi) is 3.50. The van der Waals surface area contributed by atoms with Gasteiger partial charge in [0.1, 0.15) is 5.75 Å². The van der Waals surface area contributed by atoms with Crippen molar-refractivity contribution in [3.63, 3.8) is 0 Å². The highest BCUT2D eigenvalue weighted by Gasteiger charge is 2.00. The van der Waals surface area contributed by atoms with E-state index in [1.54, 1.807) is 0 Å². The third-order valence-corrected chi connectivity index (χ3v) is 2.12. The van der Waals surface area contributed by atoms with Crippen LogP contribution >= 0.6 is 0 Å². The summed E-state index contributed by atoms with van der Waals surface area (Å²) in [4.78, 5) is 10.1. The van der Waals surface area contributed by atoms with Gasteiger partial charge in [0.15, 0.2) is 0 Å². The number of carbonyl (C=O) groups is 1. The molecule has 2 heteroatoms. The van der Waals surface area contributed by atoms with Crippen LogP contribution in [-0.4, -0.2) is 6.47 Å². The zero-order valence-electron chi connectivity index (χ0n) is 8.04. The molecule has 0 atom stereocenters.